The highest BCUT2D eigenvalue weighted by Gasteiger charge is 2.17. The second-order valence-electron chi connectivity index (χ2n) is 7.71. The van der Waals surface area contributed by atoms with E-state index in [0.717, 1.165) is 16.3 Å². The van der Waals surface area contributed by atoms with Crippen molar-refractivity contribution in [3.05, 3.63) is 106 Å². The largest absolute Gasteiger partial charge is 0.422 e. The molecule has 4 aromatic carbocycles. The molecule has 0 aliphatic rings. The highest BCUT2D eigenvalue weighted by Crippen LogP contribution is 2.30. The zero-order valence-corrected chi connectivity index (χ0v) is 20.4. The van der Waals surface area contributed by atoms with Crippen molar-refractivity contribution in [1.82, 2.24) is 5.43 Å². The van der Waals surface area contributed by atoms with Crippen molar-refractivity contribution in [2.24, 2.45) is 5.10 Å². The molecule has 7 nitrogen and oxygen atoms in total. The summed E-state index contributed by atoms with van der Waals surface area (Å²) in [4.78, 5) is 37.3. The van der Waals surface area contributed by atoms with Crippen LogP contribution in [0, 0.1) is 6.92 Å². The zero-order chi connectivity index (χ0) is 25.7. The molecule has 2 amide bonds. The lowest BCUT2D eigenvalue weighted by molar-refractivity contribution is -0.136. The summed E-state index contributed by atoms with van der Waals surface area (Å²) in [6.07, 6.45) is 1.32. The van der Waals surface area contributed by atoms with Gasteiger partial charge in [0.05, 0.1) is 27.5 Å². The first-order valence-corrected chi connectivity index (χ1v) is 11.5. The molecule has 36 heavy (non-hydrogen) atoms. The van der Waals surface area contributed by atoms with Crippen molar-refractivity contribution >= 4 is 63.7 Å². The molecule has 2 N–H and O–H groups in total. The maximum absolute atomic E-state index is 12.7. The van der Waals surface area contributed by atoms with Crippen molar-refractivity contribution in [3.63, 3.8) is 0 Å². The number of benzene rings is 4. The number of anilines is 1. The molecule has 4 aromatic rings. The summed E-state index contributed by atoms with van der Waals surface area (Å²) in [5, 5.41) is 8.24. The van der Waals surface area contributed by atoms with Gasteiger partial charge in [-0.15, -0.1) is 0 Å². The fourth-order valence-electron chi connectivity index (χ4n) is 3.41. The molecule has 0 aromatic heterocycles. The van der Waals surface area contributed by atoms with Gasteiger partial charge in [0.15, 0.2) is 0 Å². The Kier molecular flexibility index (Phi) is 7.63. The predicted molar refractivity (Wildman–Crippen MR) is 141 cm³/mol. The number of halogens is 2. The molecule has 0 atom stereocenters. The summed E-state index contributed by atoms with van der Waals surface area (Å²) in [6.45, 7) is 1.88. The number of hydrogen-bond donors (Lipinski definition) is 2. The molecule has 0 heterocycles. The highest BCUT2D eigenvalue weighted by molar-refractivity contribution is 6.45. The molecule has 0 bridgehead atoms. The van der Waals surface area contributed by atoms with E-state index in [2.05, 4.69) is 15.8 Å². The first-order chi connectivity index (χ1) is 17.3. The number of hydrogen-bond acceptors (Lipinski definition) is 5. The Balaban J connectivity index is 1.55. The smallest absolute Gasteiger partial charge is 0.343 e. The average Bonchev–Trinajstić information content (AvgIpc) is 2.87. The van der Waals surface area contributed by atoms with E-state index < -0.39 is 17.8 Å². The van der Waals surface area contributed by atoms with Gasteiger partial charge >= 0.3 is 17.8 Å². The van der Waals surface area contributed by atoms with Gasteiger partial charge in [-0.3, -0.25) is 9.59 Å². The van der Waals surface area contributed by atoms with Crippen molar-refractivity contribution in [3.8, 4) is 5.75 Å². The molecule has 0 saturated carbocycles. The summed E-state index contributed by atoms with van der Waals surface area (Å²) in [6, 6.07) is 22.6. The Labute approximate surface area is 216 Å². The van der Waals surface area contributed by atoms with E-state index in [1.54, 1.807) is 36.4 Å². The number of rotatable bonds is 5. The van der Waals surface area contributed by atoms with Crippen molar-refractivity contribution < 1.29 is 19.1 Å². The molecule has 4 rings (SSSR count). The molecule has 0 aliphatic heterocycles. The van der Waals surface area contributed by atoms with Gasteiger partial charge in [-0.25, -0.2) is 10.2 Å². The molecule has 0 unspecified atom stereocenters. The lowest BCUT2D eigenvalue weighted by atomic mass is 10.0. The van der Waals surface area contributed by atoms with Gasteiger partial charge in [-0.2, -0.15) is 5.10 Å². The summed E-state index contributed by atoms with van der Waals surface area (Å²) in [5.74, 6) is -2.31. The number of carbonyl (C=O) groups excluding carboxylic acids is 3. The normalized spacial score (nSPS) is 10.9. The van der Waals surface area contributed by atoms with E-state index in [9.17, 15) is 14.4 Å². The number of esters is 1. The fraction of sp³-hybridized carbons (Fsp3) is 0.0370. The lowest BCUT2D eigenvalue weighted by Crippen LogP contribution is -2.32. The molecule has 0 aliphatic carbocycles. The second kappa shape index (κ2) is 11.0. The van der Waals surface area contributed by atoms with Crippen LogP contribution in [0.3, 0.4) is 0 Å². The Morgan fingerprint density at radius 2 is 1.67 bits per heavy atom. The minimum Gasteiger partial charge on any atom is -0.422 e. The Morgan fingerprint density at radius 1 is 0.889 bits per heavy atom. The summed E-state index contributed by atoms with van der Waals surface area (Å²) in [7, 11) is 0. The number of amides is 2. The van der Waals surface area contributed by atoms with E-state index in [1.165, 1.54) is 12.3 Å². The molecule has 180 valence electrons. The zero-order valence-electron chi connectivity index (χ0n) is 18.9. The van der Waals surface area contributed by atoms with E-state index in [4.69, 9.17) is 27.9 Å². The van der Waals surface area contributed by atoms with Crippen molar-refractivity contribution in [2.45, 2.75) is 6.92 Å². The quantitative estimate of drug-likeness (QED) is 0.115. The van der Waals surface area contributed by atoms with Crippen LogP contribution in [0.25, 0.3) is 10.8 Å². The van der Waals surface area contributed by atoms with Gasteiger partial charge in [0.1, 0.15) is 5.75 Å². The topological polar surface area (TPSA) is 96.9 Å². The highest BCUT2D eigenvalue weighted by atomic mass is 35.5. The van der Waals surface area contributed by atoms with E-state index in [1.807, 2.05) is 43.3 Å². The molecule has 0 radical (unpaired) electrons. The SMILES string of the molecule is Cc1cccc(C(=O)Oc2ccc3ccccc3c2C=NNC(=O)C(=O)Nc2cccc(Cl)c2Cl)c1. The van der Waals surface area contributed by atoms with Crippen LogP contribution in [0.4, 0.5) is 5.69 Å². The monoisotopic (exact) mass is 519 g/mol. The van der Waals surface area contributed by atoms with Gasteiger partial charge in [0.2, 0.25) is 0 Å². The van der Waals surface area contributed by atoms with Crippen molar-refractivity contribution in [1.29, 1.82) is 0 Å². The first-order valence-electron chi connectivity index (χ1n) is 10.7. The number of fused-ring (bicyclic) bond motifs is 1. The third kappa shape index (κ3) is 5.71. The number of nitrogens with one attached hydrogen (secondary N) is 2. The molecular weight excluding hydrogens is 501 g/mol. The Morgan fingerprint density at radius 3 is 2.47 bits per heavy atom. The average molecular weight is 520 g/mol. The third-order valence-corrected chi connectivity index (χ3v) is 5.97. The van der Waals surface area contributed by atoms with Crippen LogP contribution in [0.15, 0.2) is 84.0 Å². The Hall–Kier alpha value is -4.20. The van der Waals surface area contributed by atoms with E-state index in [0.29, 0.717) is 11.1 Å². The van der Waals surface area contributed by atoms with Gasteiger partial charge < -0.3 is 10.1 Å². The van der Waals surface area contributed by atoms with E-state index in [-0.39, 0.29) is 21.5 Å². The lowest BCUT2D eigenvalue weighted by Gasteiger charge is -2.11. The van der Waals surface area contributed by atoms with Crippen LogP contribution < -0.4 is 15.5 Å². The fourth-order valence-corrected chi connectivity index (χ4v) is 3.76. The van der Waals surface area contributed by atoms with Gasteiger partial charge in [0.25, 0.3) is 0 Å². The number of aryl methyl sites for hydroxylation is 1. The van der Waals surface area contributed by atoms with Crippen LogP contribution in [0.1, 0.15) is 21.5 Å². The number of nitrogens with zero attached hydrogens (tertiary/aromatic N) is 1. The Bertz CT molecular complexity index is 1520. The number of hydrazone groups is 1. The van der Waals surface area contributed by atoms with E-state index >= 15 is 0 Å². The minimum absolute atomic E-state index is 0.111. The van der Waals surface area contributed by atoms with Crippen LogP contribution in [-0.2, 0) is 9.59 Å². The summed E-state index contributed by atoms with van der Waals surface area (Å²) < 4.78 is 5.65. The van der Waals surface area contributed by atoms with Crippen LogP contribution in [0.2, 0.25) is 10.0 Å². The predicted octanol–water partition coefficient (Wildman–Crippen LogP) is 5.76. The standard InChI is InChI=1S/C27H19Cl2N3O4/c1-16-6-4-8-18(14-16)27(35)36-23-13-12-17-7-2-3-9-19(17)20(23)15-30-32-26(34)25(33)31-22-11-5-10-21(28)24(22)29/h2-15H,1H3,(H,31,33)(H,32,34). The third-order valence-electron chi connectivity index (χ3n) is 5.15. The second-order valence-corrected chi connectivity index (χ2v) is 8.50. The van der Waals surface area contributed by atoms with Gasteiger partial charge in [-0.05, 0) is 48.0 Å². The summed E-state index contributed by atoms with van der Waals surface area (Å²) >= 11 is 12.0. The molecular formula is C27H19Cl2N3O4. The summed E-state index contributed by atoms with van der Waals surface area (Å²) in [5.41, 5.74) is 4.13. The van der Waals surface area contributed by atoms with Crippen LogP contribution in [-0.4, -0.2) is 24.0 Å². The first kappa shape index (κ1) is 24.9. The maximum Gasteiger partial charge on any atom is 0.343 e. The molecule has 0 spiro atoms. The van der Waals surface area contributed by atoms with Crippen LogP contribution >= 0.6 is 23.2 Å². The minimum atomic E-state index is -1.03. The molecule has 9 heteroatoms. The maximum atomic E-state index is 12.7. The molecule has 0 fully saturated rings. The number of ether oxygens (including phenoxy) is 1. The van der Waals surface area contributed by atoms with Gasteiger partial charge in [0, 0.05) is 5.56 Å². The number of carbonyl (C=O) groups is 3. The molecule has 0 saturated heterocycles. The van der Waals surface area contributed by atoms with Crippen molar-refractivity contribution in [2.75, 3.05) is 5.32 Å². The van der Waals surface area contributed by atoms with Gasteiger partial charge in [-0.1, -0.05) is 77.3 Å². The van der Waals surface area contributed by atoms with Crippen LogP contribution in [0.5, 0.6) is 5.75 Å².